The largest absolute Gasteiger partial charge is 0.463 e. The average molecular weight is 377 g/mol. The number of nitrogens with zero attached hydrogens (tertiary/aromatic N) is 2. The molecule has 1 aromatic heterocycles. The lowest BCUT2D eigenvalue weighted by molar-refractivity contribution is -0.137. The Kier molecular flexibility index (Phi) is 11.2. The SMILES string of the molecule is C=CC(=O)OCCCCCCOC.Cc1ccc(-c2nc(C)ns2)cc1. The fourth-order valence-electron chi connectivity index (χ4n) is 2.04. The fraction of sp³-hybridized carbons (Fsp3) is 0.450. The number of rotatable bonds is 9. The Morgan fingerprint density at radius 2 is 1.77 bits per heavy atom. The van der Waals surface area contributed by atoms with Crippen molar-refractivity contribution in [2.24, 2.45) is 0 Å². The van der Waals surface area contributed by atoms with Crippen LogP contribution in [0.3, 0.4) is 0 Å². The van der Waals surface area contributed by atoms with E-state index < -0.39 is 0 Å². The maximum Gasteiger partial charge on any atom is 0.330 e. The van der Waals surface area contributed by atoms with Gasteiger partial charge in [-0.25, -0.2) is 9.78 Å². The molecule has 0 atom stereocenters. The van der Waals surface area contributed by atoms with E-state index in [0.29, 0.717) is 6.61 Å². The predicted molar refractivity (Wildman–Crippen MR) is 106 cm³/mol. The first-order valence-corrected chi connectivity index (χ1v) is 9.49. The van der Waals surface area contributed by atoms with Gasteiger partial charge in [-0.2, -0.15) is 4.37 Å². The number of unbranched alkanes of at least 4 members (excludes halogenated alkanes) is 3. The van der Waals surface area contributed by atoms with E-state index in [4.69, 9.17) is 9.47 Å². The third-order valence-electron chi connectivity index (χ3n) is 3.48. The minimum Gasteiger partial charge on any atom is -0.463 e. The summed E-state index contributed by atoms with van der Waals surface area (Å²) in [5.41, 5.74) is 2.42. The first kappa shape index (κ1) is 22.0. The van der Waals surface area contributed by atoms with Crippen molar-refractivity contribution in [1.29, 1.82) is 0 Å². The molecular formula is C20H28N2O3S. The van der Waals surface area contributed by atoms with Crippen LogP contribution in [0.5, 0.6) is 0 Å². The zero-order chi connectivity index (χ0) is 19.2. The fourth-order valence-corrected chi connectivity index (χ4v) is 2.72. The summed E-state index contributed by atoms with van der Waals surface area (Å²) in [5, 5.41) is 0.998. The molecule has 0 fully saturated rings. The van der Waals surface area contributed by atoms with Crippen LogP contribution in [-0.4, -0.2) is 35.7 Å². The summed E-state index contributed by atoms with van der Waals surface area (Å²) in [6, 6.07) is 8.34. The molecule has 142 valence electrons. The highest BCUT2D eigenvalue weighted by Crippen LogP contribution is 2.21. The van der Waals surface area contributed by atoms with E-state index >= 15 is 0 Å². The van der Waals surface area contributed by atoms with E-state index in [1.165, 1.54) is 23.2 Å². The molecule has 5 nitrogen and oxygen atoms in total. The molecule has 1 aromatic carbocycles. The minimum atomic E-state index is -0.336. The molecule has 0 saturated carbocycles. The van der Waals surface area contributed by atoms with E-state index in [9.17, 15) is 4.79 Å². The van der Waals surface area contributed by atoms with Crippen molar-refractivity contribution >= 4 is 17.5 Å². The molecule has 0 unspecified atom stereocenters. The smallest absolute Gasteiger partial charge is 0.330 e. The van der Waals surface area contributed by atoms with Crippen LogP contribution in [0.4, 0.5) is 0 Å². The van der Waals surface area contributed by atoms with Gasteiger partial charge in [-0.1, -0.05) is 42.8 Å². The number of carbonyl (C=O) groups is 1. The molecule has 26 heavy (non-hydrogen) atoms. The second kappa shape index (κ2) is 13.2. The van der Waals surface area contributed by atoms with Gasteiger partial charge in [0.15, 0.2) is 0 Å². The summed E-state index contributed by atoms with van der Waals surface area (Å²) in [6.45, 7) is 8.61. The molecule has 0 aliphatic heterocycles. The van der Waals surface area contributed by atoms with Gasteiger partial charge in [0, 0.05) is 25.4 Å². The summed E-state index contributed by atoms with van der Waals surface area (Å²) in [6.07, 6.45) is 5.38. The topological polar surface area (TPSA) is 61.3 Å². The van der Waals surface area contributed by atoms with Crippen molar-refractivity contribution in [3.05, 3.63) is 48.3 Å². The van der Waals surface area contributed by atoms with Crippen molar-refractivity contribution in [2.45, 2.75) is 39.5 Å². The van der Waals surface area contributed by atoms with Gasteiger partial charge in [0.1, 0.15) is 10.8 Å². The van der Waals surface area contributed by atoms with E-state index in [1.807, 2.05) is 6.92 Å². The number of carbonyl (C=O) groups excluding carboxylic acids is 1. The number of methoxy groups -OCH3 is 1. The molecule has 0 aliphatic rings. The van der Waals surface area contributed by atoms with Gasteiger partial charge in [0.05, 0.1) is 6.61 Å². The number of ether oxygens (including phenoxy) is 2. The average Bonchev–Trinajstić information content (AvgIpc) is 3.08. The number of hydrogen-bond donors (Lipinski definition) is 0. The van der Waals surface area contributed by atoms with Crippen LogP contribution in [0.2, 0.25) is 0 Å². The van der Waals surface area contributed by atoms with Gasteiger partial charge in [-0.15, -0.1) is 0 Å². The Hall–Kier alpha value is -2.05. The van der Waals surface area contributed by atoms with Gasteiger partial charge in [-0.05, 0) is 44.6 Å². The Labute approximate surface area is 160 Å². The Morgan fingerprint density at radius 3 is 2.31 bits per heavy atom. The van der Waals surface area contributed by atoms with Gasteiger partial charge in [0.2, 0.25) is 0 Å². The van der Waals surface area contributed by atoms with Crippen molar-refractivity contribution in [3.8, 4) is 10.6 Å². The highest BCUT2D eigenvalue weighted by atomic mass is 32.1. The number of aromatic nitrogens is 2. The molecular weight excluding hydrogens is 348 g/mol. The number of esters is 1. The molecule has 2 rings (SSSR count). The monoisotopic (exact) mass is 376 g/mol. The first-order chi connectivity index (χ1) is 12.6. The summed E-state index contributed by atoms with van der Waals surface area (Å²) < 4.78 is 13.9. The zero-order valence-corrected chi connectivity index (χ0v) is 16.7. The third kappa shape index (κ3) is 9.44. The molecule has 0 N–H and O–H groups in total. The van der Waals surface area contributed by atoms with Gasteiger partial charge < -0.3 is 9.47 Å². The third-order valence-corrected chi connectivity index (χ3v) is 4.34. The summed E-state index contributed by atoms with van der Waals surface area (Å²) in [5.74, 6) is 0.512. The molecule has 0 spiro atoms. The number of hydrogen-bond acceptors (Lipinski definition) is 6. The second-order valence-corrected chi connectivity index (χ2v) is 6.54. The summed E-state index contributed by atoms with van der Waals surface area (Å²) in [4.78, 5) is 14.9. The number of aryl methyl sites for hydroxylation is 2. The number of benzene rings is 1. The maximum absolute atomic E-state index is 10.6. The van der Waals surface area contributed by atoms with E-state index in [-0.39, 0.29) is 5.97 Å². The normalized spacial score (nSPS) is 9.96. The van der Waals surface area contributed by atoms with Crippen LogP contribution in [0.15, 0.2) is 36.9 Å². The second-order valence-electron chi connectivity index (χ2n) is 5.79. The van der Waals surface area contributed by atoms with Crippen molar-refractivity contribution < 1.29 is 14.3 Å². The molecule has 0 saturated heterocycles. The van der Waals surface area contributed by atoms with Crippen LogP contribution < -0.4 is 0 Å². The Balaban J connectivity index is 0.000000260. The van der Waals surface area contributed by atoms with Crippen LogP contribution in [0, 0.1) is 13.8 Å². The van der Waals surface area contributed by atoms with Gasteiger partial charge in [-0.3, -0.25) is 0 Å². The molecule has 0 amide bonds. The van der Waals surface area contributed by atoms with E-state index in [0.717, 1.165) is 48.7 Å². The highest BCUT2D eigenvalue weighted by molar-refractivity contribution is 7.09. The van der Waals surface area contributed by atoms with E-state index in [2.05, 4.69) is 47.1 Å². The minimum absolute atomic E-state index is 0.336. The van der Waals surface area contributed by atoms with Gasteiger partial charge in [0.25, 0.3) is 0 Å². The first-order valence-electron chi connectivity index (χ1n) is 8.72. The molecule has 0 radical (unpaired) electrons. The van der Waals surface area contributed by atoms with Crippen LogP contribution in [-0.2, 0) is 14.3 Å². The zero-order valence-electron chi connectivity index (χ0n) is 15.9. The summed E-state index contributed by atoms with van der Waals surface area (Å²) in [7, 11) is 1.70. The lowest BCUT2D eigenvalue weighted by Crippen LogP contribution is -2.01. The lowest BCUT2D eigenvalue weighted by Gasteiger charge is -2.01. The quantitative estimate of drug-likeness (QED) is 0.359. The summed E-state index contributed by atoms with van der Waals surface area (Å²) >= 11 is 1.45. The van der Waals surface area contributed by atoms with E-state index in [1.54, 1.807) is 7.11 Å². The van der Waals surface area contributed by atoms with Crippen molar-refractivity contribution in [3.63, 3.8) is 0 Å². The molecule has 1 heterocycles. The lowest BCUT2D eigenvalue weighted by atomic mass is 10.2. The Morgan fingerprint density at radius 1 is 1.12 bits per heavy atom. The van der Waals surface area contributed by atoms with Crippen LogP contribution in [0.1, 0.15) is 37.1 Å². The molecule has 0 bridgehead atoms. The standard InChI is InChI=1S/C10H10N2S.C10H18O3/c1-7-3-5-9(6-4-7)10-11-8(2)12-13-10;1-3-10(11)13-9-7-5-4-6-8-12-2/h3-6H,1-2H3;3H,1,4-9H2,2H3. The van der Waals surface area contributed by atoms with Gasteiger partial charge >= 0.3 is 5.97 Å². The van der Waals surface area contributed by atoms with Crippen LogP contribution in [0.25, 0.3) is 10.6 Å². The molecule has 2 aromatic rings. The predicted octanol–water partition coefficient (Wildman–Crippen LogP) is 4.74. The molecule has 6 heteroatoms. The van der Waals surface area contributed by atoms with Crippen molar-refractivity contribution in [2.75, 3.05) is 20.3 Å². The van der Waals surface area contributed by atoms with Crippen molar-refractivity contribution in [1.82, 2.24) is 9.36 Å². The maximum atomic E-state index is 10.6. The van der Waals surface area contributed by atoms with Crippen LogP contribution >= 0.6 is 11.5 Å². The molecule has 0 aliphatic carbocycles. The Bertz CT molecular complexity index is 653. The highest BCUT2D eigenvalue weighted by Gasteiger charge is 2.02.